The Morgan fingerprint density at radius 3 is 2.35 bits per heavy atom. The summed E-state index contributed by atoms with van der Waals surface area (Å²) in [5.74, 6) is 0.714. The second-order valence-corrected chi connectivity index (χ2v) is 12.9. The first kappa shape index (κ1) is 23.0. The summed E-state index contributed by atoms with van der Waals surface area (Å²) in [6, 6.07) is 3.27. The van der Waals surface area contributed by atoms with Gasteiger partial charge in [-0.2, -0.15) is 0 Å². The molecular formula is C24H38N2O4S. The maximum atomic E-state index is 13.0. The van der Waals surface area contributed by atoms with E-state index in [1.54, 1.807) is 4.57 Å². The second kappa shape index (κ2) is 8.64. The van der Waals surface area contributed by atoms with Gasteiger partial charge in [0.25, 0.3) is 5.56 Å². The molecule has 4 rings (SSSR count). The van der Waals surface area contributed by atoms with Crippen LogP contribution < -0.4 is 10.3 Å². The molecule has 2 unspecified atom stereocenters. The molecule has 0 aromatic carbocycles. The van der Waals surface area contributed by atoms with Gasteiger partial charge in [0.15, 0.2) is 0 Å². The van der Waals surface area contributed by atoms with E-state index < -0.39 is 10.0 Å². The number of hydrogen-bond donors (Lipinski definition) is 1. The van der Waals surface area contributed by atoms with E-state index in [1.807, 2.05) is 19.1 Å². The van der Waals surface area contributed by atoms with E-state index in [9.17, 15) is 13.2 Å². The van der Waals surface area contributed by atoms with Crippen LogP contribution in [0.25, 0.3) is 0 Å². The minimum absolute atomic E-state index is 0.0298. The Labute approximate surface area is 186 Å². The minimum atomic E-state index is -3.33. The number of sulfonamides is 1. The highest BCUT2D eigenvalue weighted by molar-refractivity contribution is 7.90. The molecule has 0 spiro atoms. The van der Waals surface area contributed by atoms with Crippen LogP contribution in [-0.4, -0.2) is 37.0 Å². The minimum Gasteiger partial charge on any atom is -0.376 e. The van der Waals surface area contributed by atoms with Crippen molar-refractivity contribution in [1.82, 2.24) is 9.29 Å². The van der Waals surface area contributed by atoms with Crippen molar-refractivity contribution in [3.63, 3.8) is 0 Å². The highest BCUT2D eigenvalue weighted by Crippen LogP contribution is 2.39. The van der Waals surface area contributed by atoms with Crippen LogP contribution >= 0.6 is 0 Å². The molecule has 2 aliphatic carbocycles. The van der Waals surface area contributed by atoms with Crippen LogP contribution in [0.4, 0.5) is 0 Å². The molecular weight excluding hydrogens is 412 g/mol. The van der Waals surface area contributed by atoms with Crippen molar-refractivity contribution >= 4 is 10.0 Å². The average Bonchev–Trinajstić information content (AvgIpc) is 3.55. The fraction of sp³-hybridized carbons (Fsp3) is 0.792. The standard InChI is InChI=1S/C24H38N2O4S/c1-16-5-8-18-9-14-21(25-31(28,29)20-12-13-20)22(26(18)23(16)27)15-30-19-10-6-17(7-11-19)24(2,3)4/h5,8,17,19-22,25H,6-7,9-15H2,1-4H3. The first-order valence-electron chi connectivity index (χ1n) is 11.9. The normalized spacial score (nSPS) is 29.5. The molecule has 31 heavy (non-hydrogen) atoms. The molecule has 1 aromatic heterocycles. The Hall–Kier alpha value is -1.18. The molecule has 1 aliphatic heterocycles. The van der Waals surface area contributed by atoms with Gasteiger partial charge in [-0.15, -0.1) is 0 Å². The lowest BCUT2D eigenvalue weighted by atomic mass is 9.72. The molecule has 2 heterocycles. The van der Waals surface area contributed by atoms with E-state index in [0.717, 1.165) is 44.2 Å². The molecule has 2 atom stereocenters. The zero-order valence-electron chi connectivity index (χ0n) is 19.4. The van der Waals surface area contributed by atoms with E-state index in [4.69, 9.17) is 4.74 Å². The summed E-state index contributed by atoms with van der Waals surface area (Å²) in [5.41, 5.74) is 1.95. The summed E-state index contributed by atoms with van der Waals surface area (Å²) >= 11 is 0. The first-order chi connectivity index (χ1) is 14.6. The Bertz CT molecular complexity index is 951. The number of aryl methyl sites for hydroxylation is 2. The number of nitrogens with one attached hydrogen (secondary N) is 1. The topological polar surface area (TPSA) is 77.4 Å². The van der Waals surface area contributed by atoms with Gasteiger partial charge in [-0.3, -0.25) is 4.79 Å². The smallest absolute Gasteiger partial charge is 0.254 e. The highest BCUT2D eigenvalue weighted by atomic mass is 32.2. The number of fused-ring (bicyclic) bond motifs is 1. The van der Waals surface area contributed by atoms with Gasteiger partial charge >= 0.3 is 0 Å². The maximum Gasteiger partial charge on any atom is 0.254 e. The molecule has 2 fully saturated rings. The van der Waals surface area contributed by atoms with Crippen LogP contribution in [0.15, 0.2) is 16.9 Å². The van der Waals surface area contributed by atoms with Crippen molar-refractivity contribution < 1.29 is 13.2 Å². The molecule has 1 aromatic rings. The van der Waals surface area contributed by atoms with Gasteiger partial charge in [0, 0.05) is 17.3 Å². The van der Waals surface area contributed by atoms with Crippen LogP contribution in [0.3, 0.4) is 0 Å². The second-order valence-electron chi connectivity index (χ2n) is 10.9. The molecule has 0 amide bonds. The third-order valence-electron chi connectivity index (χ3n) is 7.58. The van der Waals surface area contributed by atoms with Gasteiger partial charge in [0.05, 0.1) is 24.0 Å². The Morgan fingerprint density at radius 1 is 1.06 bits per heavy atom. The molecule has 1 N–H and O–H groups in total. The van der Waals surface area contributed by atoms with E-state index in [1.165, 1.54) is 0 Å². The van der Waals surface area contributed by atoms with Crippen molar-refractivity contribution in [1.29, 1.82) is 0 Å². The zero-order valence-corrected chi connectivity index (χ0v) is 20.2. The van der Waals surface area contributed by atoms with Gasteiger partial charge in [-0.1, -0.05) is 26.8 Å². The Morgan fingerprint density at radius 2 is 1.74 bits per heavy atom. The fourth-order valence-corrected chi connectivity index (χ4v) is 6.93. The van der Waals surface area contributed by atoms with E-state index in [-0.39, 0.29) is 29.0 Å². The third-order valence-corrected chi connectivity index (χ3v) is 9.56. The molecule has 0 bridgehead atoms. The number of aromatic nitrogens is 1. The lowest BCUT2D eigenvalue weighted by Crippen LogP contribution is -2.50. The Kier molecular flexibility index (Phi) is 6.41. The van der Waals surface area contributed by atoms with Crippen molar-refractivity contribution in [3.05, 3.63) is 33.7 Å². The fourth-order valence-electron chi connectivity index (χ4n) is 5.28. The number of nitrogens with zero attached hydrogens (tertiary/aromatic N) is 1. The first-order valence-corrected chi connectivity index (χ1v) is 13.4. The molecule has 2 saturated carbocycles. The van der Waals surface area contributed by atoms with Gasteiger partial charge in [0.2, 0.25) is 10.0 Å². The molecule has 6 nitrogen and oxygen atoms in total. The summed E-state index contributed by atoms with van der Waals surface area (Å²) in [5, 5.41) is -0.266. The highest BCUT2D eigenvalue weighted by Gasteiger charge is 2.41. The zero-order chi connectivity index (χ0) is 22.4. The van der Waals surface area contributed by atoms with E-state index in [2.05, 4.69) is 25.5 Å². The molecule has 174 valence electrons. The van der Waals surface area contributed by atoms with Gasteiger partial charge in [-0.25, -0.2) is 13.1 Å². The lowest BCUT2D eigenvalue weighted by molar-refractivity contribution is -0.0170. The predicted octanol–water partition coefficient (Wildman–Crippen LogP) is 3.72. The van der Waals surface area contributed by atoms with Crippen LogP contribution in [-0.2, 0) is 21.2 Å². The van der Waals surface area contributed by atoms with Crippen LogP contribution in [0, 0.1) is 18.3 Å². The van der Waals surface area contributed by atoms with Crippen molar-refractivity contribution in [3.8, 4) is 0 Å². The summed E-state index contributed by atoms with van der Waals surface area (Å²) < 4.78 is 36.4. The molecule has 0 radical (unpaired) electrons. The predicted molar refractivity (Wildman–Crippen MR) is 123 cm³/mol. The monoisotopic (exact) mass is 450 g/mol. The largest absolute Gasteiger partial charge is 0.376 e. The summed E-state index contributed by atoms with van der Waals surface area (Å²) in [6.45, 7) is 9.12. The number of ether oxygens (including phenoxy) is 1. The molecule has 0 saturated heterocycles. The molecule has 3 aliphatic rings. The molecule has 7 heteroatoms. The number of hydrogen-bond acceptors (Lipinski definition) is 4. The number of rotatable bonds is 6. The van der Waals surface area contributed by atoms with E-state index >= 15 is 0 Å². The van der Waals surface area contributed by atoms with Crippen molar-refractivity contribution in [2.75, 3.05) is 6.61 Å². The average molecular weight is 451 g/mol. The summed E-state index contributed by atoms with van der Waals surface area (Å²) in [7, 11) is -3.33. The summed E-state index contributed by atoms with van der Waals surface area (Å²) in [6.07, 6.45) is 7.42. The quantitative estimate of drug-likeness (QED) is 0.717. The van der Waals surface area contributed by atoms with Gasteiger partial charge in [0.1, 0.15) is 0 Å². The van der Waals surface area contributed by atoms with E-state index in [0.29, 0.717) is 36.3 Å². The lowest BCUT2D eigenvalue weighted by Gasteiger charge is -2.39. The summed E-state index contributed by atoms with van der Waals surface area (Å²) in [4.78, 5) is 13.0. The van der Waals surface area contributed by atoms with Crippen LogP contribution in [0.1, 0.15) is 83.0 Å². The number of pyridine rings is 1. The Balaban J connectivity index is 1.50. The van der Waals surface area contributed by atoms with Crippen molar-refractivity contribution in [2.45, 2.75) is 102 Å². The third kappa shape index (κ3) is 5.09. The van der Waals surface area contributed by atoms with Crippen LogP contribution in [0.5, 0.6) is 0 Å². The van der Waals surface area contributed by atoms with Crippen LogP contribution in [0.2, 0.25) is 0 Å². The van der Waals surface area contributed by atoms with Crippen molar-refractivity contribution in [2.24, 2.45) is 11.3 Å². The SMILES string of the molecule is Cc1ccc2n(c1=O)C(COC1CCC(C(C)(C)C)CC1)C(NS(=O)(=O)C1CC1)CC2. The maximum absolute atomic E-state index is 13.0. The van der Waals surface area contributed by atoms with Gasteiger partial charge in [-0.05, 0) is 75.7 Å². The van der Waals surface area contributed by atoms with Gasteiger partial charge < -0.3 is 9.30 Å².